The highest BCUT2D eigenvalue weighted by molar-refractivity contribution is 5.99. The molecule has 7 heteroatoms. The van der Waals surface area contributed by atoms with Crippen LogP contribution in [0.5, 0.6) is 5.75 Å². The number of aromatic hydroxyl groups is 1. The number of esters is 1. The van der Waals surface area contributed by atoms with Crippen LogP contribution < -0.4 is 10.6 Å². The quantitative estimate of drug-likeness (QED) is 0.731. The third kappa shape index (κ3) is 4.97. The van der Waals surface area contributed by atoms with Gasteiger partial charge in [-0.2, -0.15) is 0 Å². The topological polar surface area (TPSA) is 105 Å². The van der Waals surface area contributed by atoms with E-state index in [2.05, 4.69) is 10.6 Å². The number of carbonyl (C=O) groups excluding carboxylic acids is 3. The number of amides is 3. The van der Waals surface area contributed by atoms with Crippen LogP contribution in [0.4, 0.5) is 4.79 Å². The van der Waals surface area contributed by atoms with E-state index in [1.165, 1.54) is 19.1 Å². The molecule has 0 bridgehead atoms. The van der Waals surface area contributed by atoms with E-state index in [1.54, 1.807) is 12.1 Å². The van der Waals surface area contributed by atoms with Crippen molar-refractivity contribution >= 4 is 17.9 Å². The van der Waals surface area contributed by atoms with Gasteiger partial charge in [0, 0.05) is 6.04 Å². The molecule has 24 heavy (non-hydrogen) atoms. The SMILES string of the molecule is C[C@H](OC(=O)c1ccccc1O)C(=O)NC(=O)NC1CCCCC1. The Kier molecular flexibility index (Phi) is 6.17. The number of ether oxygens (including phenoxy) is 1. The molecule has 1 aromatic rings. The molecule has 1 fully saturated rings. The Morgan fingerprint density at radius 1 is 1.17 bits per heavy atom. The number of para-hydroxylation sites is 1. The molecule has 1 aliphatic rings. The molecule has 7 nitrogen and oxygen atoms in total. The molecular formula is C17H22N2O5. The molecule has 0 spiro atoms. The maximum atomic E-state index is 11.9. The average Bonchev–Trinajstić information content (AvgIpc) is 2.55. The monoisotopic (exact) mass is 334 g/mol. The van der Waals surface area contributed by atoms with Gasteiger partial charge in [0.15, 0.2) is 6.10 Å². The molecule has 130 valence electrons. The molecule has 1 aromatic carbocycles. The molecule has 0 unspecified atom stereocenters. The number of urea groups is 1. The summed E-state index contributed by atoms with van der Waals surface area (Å²) in [5.41, 5.74) is -0.0381. The van der Waals surface area contributed by atoms with Gasteiger partial charge >= 0.3 is 12.0 Å². The Morgan fingerprint density at radius 3 is 2.50 bits per heavy atom. The minimum Gasteiger partial charge on any atom is -0.507 e. The van der Waals surface area contributed by atoms with Gasteiger partial charge in [-0.1, -0.05) is 31.4 Å². The van der Waals surface area contributed by atoms with E-state index in [-0.39, 0.29) is 17.4 Å². The van der Waals surface area contributed by atoms with Gasteiger partial charge in [0.1, 0.15) is 11.3 Å². The third-order valence-electron chi connectivity index (χ3n) is 3.95. The Labute approximate surface area is 140 Å². The lowest BCUT2D eigenvalue weighted by atomic mass is 9.96. The largest absolute Gasteiger partial charge is 0.507 e. The lowest BCUT2D eigenvalue weighted by Gasteiger charge is -2.23. The average molecular weight is 334 g/mol. The van der Waals surface area contributed by atoms with Crippen molar-refractivity contribution in [2.24, 2.45) is 0 Å². The number of hydrogen-bond donors (Lipinski definition) is 3. The third-order valence-corrected chi connectivity index (χ3v) is 3.95. The molecule has 2 rings (SSSR count). The minimum absolute atomic E-state index is 0.0381. The fraction of sp³-hybridized carbons (Fsp3) is 0.471. The summed E-state index contributed by atoms with van der Waals surface area (Å²) in [5.74, 6) is -1.78. The maximum Gasteiger partial charge on any atom is 0.342 e. The lowest BCUT2D eigenvalue weighted by Crippen LogP contribution is -2.48. The fourth-order valence-electron chi connectivity index (χ4n) is 2.61. The zero-order chi connectivity index (χ0) is 17.5. The second-order valence-corrected chi connectivity index (χ2v) is 5.86. The molecule has 1 saturated carbocycles. The first-order valence-electron chi connectivity index (χ1n) is 8.07. The zero-order valence-electron chi connectivity index (χ0n) is 13.6. The smallest absolute Gasteiger partial charge is 0.342 e. The Hall–Kier alpha value is -2.57. The van der Waals surface area contributed by atoms with Gasteiger partial charge < -0.3 is 15.2 Å². The van der Waals surface area contributed by atoms with Gasteiger partial charge in [0.05, 0.1) is 0 Å². The van der Waals surface area contributed by atoms with Gasteiger partial charge in [0.2, 0.25) is 0 Å². The van der Waals surface area contributed by atoms with Crippen LogP contribution >= 0.6 is 0 Å². The predicted octanol–water partition coefficient (Wildman–Crippen LogP) is 2.10. The van der Waals surface area contributed by atoms with Gasteiger partial charge in [0.25, 0.3) is 5.91 Å². The van der Waals surface area contributed by atoms with Crippen molar-refractivity contribution in [1.29, 1.82) is 0 Å². The molecular weight excluding hydrogens is 312 g/mol. The second-order valence-electron chi connectivity index (χ2n) is 5.86. The molecule has 3 N–H and O–H groups in total. The van der Waals surface area contributed by atoms with Gasteiger partial charge in [-0.15, -0.1) is 0 Å². The van der Waals surface area contributed by atoms with E-state index < -0.39 is 24.0 Å². The van der Waals surface area contributed by atoms with Crippen LogP contribution in [0.15, 0.2) is 24.3 Å². The molecule has 0 radical (unpaired) electrons. The van der Waals surface area contributed by atoms with Crippen LogP contribution in [0.3, 0.4) is 0 Å². The lowest BCUT2D eigenvalue weighted by molar-refractivity contribution is -0.127. The first kappa shape index (κ1) is 17.8. The highest BCUT2D eigenvalue weighted by Gasteiger charge is 2.23. The Bertz CT molecular complexity index is 611. The molecule has 0 heterocycles. The van der Waals surface area contributed by atoms with Crippen LogP contribution in [-0.4, -0.2) is 35.2 Å². The first-order chi connectivity index (χ1) is 11.5. The number of phenolic OH excluding ortho intramolecular Hbond substituents is 1. The number of benzene rings is 1. The fourth-order valence-corrected chi connectivity index (χ4v) is 2.61. The summed E-state index contributed by atoms with van der Waals surface area (Å²) in [6, 6.07) is 5.36. The van der Waals surface area contributed by atoms with Crippen LogP contribution in [0.1, 0.15) is 49.4 Å². The molecule has 1 atom stereocenters. The van der Waals surface area contributed by atoms with Crippen molar-refractivity contribution < 1.29 is 24.2 Å². The summed E-state index contributed by atoms with van der Waals surface area (Å²) in [7, 11) is 0. The molecule has 0 aromatic heterocycles. The van der Waals surface area contributed by atoms with Crippen molar-refractivity contribution in [2.75, 3.05) is 0 Å². The van der Waals surface area contributed by atoms with Crippen LogP contribution in [0, 0.1) is 0 Å². The summed E-state index contributed by atoms with van der Waals surface area (Å²) in [4.78, 5) is 35.7. The van der Waals surface area contributed by atoms with E-state index in [4.69, 9.17) is 4.74 Å². The van der Waals surface area contributed by atoms with E-state index in [1.807, 2.05) is 0 Å². The van der Waals surface area contributed by atoms with Gasteiger partial charge in [-0.3, -0.25) is 10.1 Å². The summed E-state index contributed by atoms with van der Waals surface area (Å²) in [5, 5.41) is 14.5. The zero-order valence-corrected chi connectivity index (χ0v) is 13.6. The molecule has 3 amide bonds. The summed E-state index contributed by atoms with van der Waals surface area (Å²) >= 11 is 0. The molecule has 0 aliphatic heterocycles. The first-order valence-corrected chi connectivity index (χ1v) is 8.07. The van der Waals surface area contributed by atoms with Crippen molar-refractivity contribution in [3.63, 3.8) is 0 Å². The Morgan fingerprint density at radius 2 is 1.83 bits per heavy atom. The number of hydrogen-bond acceptors (Lipinski definition) is 5. The second kappa shape index (κ2) is 8.33. The molecule has 1 aliphatic carbocycles. The van der Waals surface area contributed by atoms with Crippen LogP contribution in [-0.2, 0) is 9.53 Å². The summed E-state index contributed by atoms with van der Waals surface area (Å²) in [6.07, 6.45) is 3.94. The van der Waals surface area contributed by atoms with Crippen LogP contribution in [0.25, 0.3) is 0 Å². The normalized spacial score (nSPS) is 16.0. The number of nitrogens with one attached hydrogen (secondary N) is 2. The van der Waals surface area contributed by atoms with Crippen molar-refractivity contribution in [2.45, 2.75) is 51.2 Å². The number of imide groups is 1. The highest BCUT2D eigenvalue weighted by Crippen LogP contribution is 2.18. The van der Waals surface area contributed by atoms with Crippen LogP contribution in [0.2, 0.25) is 0 Å². The number of rotatable bonds is 4. The standard InChI is InChI=1S/C17H22N2O5/c1-11(24-16(22)13-9-5-6-10-14(13)20)15(21)19-17(23)18-12-7-3-2-4-8-12/h5-6,9-12,20H,2-4,7-8H2,1H3,(H2,18,19,21,23)/t11-/m0/s1. The maximum absolute atomic E-state index is 11.9. The van der Waals surface area contributed by atoms with E-state index in [9.17, 15) is 19.5 Å². The van der Waals surface area contributed by atoms with Gasteiger partial charge in [-0.05, 0) is 31.9 Å². The number of phenols is 1. The summed E-state index contributed by atoms with van der Waals surface area (Å²) in [6.45, 7) is 1.36. The van der Waals surface area contributed by atoms with Crippen molar-refractivity contribution in [3.05, 3.63) is 29.8 Å². The Balaban J connectivity index is 1.82. The van der Waals surface area contributed by atoms with E-state index >= 15 is 0 Å². The van der Waals surface area contributed by atoms with Crippen molar-refractivity contribution in [3.8, 4) is 5.75 Å². The number of carbonyl (C=O) groups is 3. The molecule has 0 saturated heterocycles. The van der Waals surface area contributed by atoms with Gasteiger partial charge in [-0.25, -0.2) is 9.59 Å². The van der Waals surface area contributed by atoms with E-state index in [0.29, 0.717) is 0 Å². The predicted molar refractivity (Wildman–Crippen MR) is 86.5 cm³/mol. The van der Waals surface area contributed by atoms with E-state index in [0.717, 1.165) is 32.1 Å². The minimum atomic E-state index is -1.16. The van der Waals surface area contributed by atoms with Crippen molar-refractivity contribution in [1.82, 2.24) is 10.6 Å². The summed E-state index contributed by atoms with van der Waals surface area (Å²) < 4.78 is 4.98. The highest BCUT2D eigenvalue weighted by atomic mass is 16.5.